The zero-order valence-electron chi connectivity index (χ0n) is 12.4. The van der Waals surface area contributed by atoms with E-state index in [0.717, 1.165) is 0 Å². The van der Waals surface area contributed by atoms with Crippen molar-refractivity contribution in [2.75, 3.05) is 11.9 Å². The highest BCUT2D eigenvalue weighted by molar-refractivity contribution is 6.31. The molecule has 1 amide bonds. The van der Waals surface area contributed by atoms with Gasteiger partial charge in [-0.15, -0.1) is 0 Å². The van der Waals surface area contributed by atoms with Gasteiger partial charge in [-0.2, -0.15) is 0 Å². The molecular weight excluding hydrogens is 305 g/mol. The Bertz CT molecular complexity index is 673. The van der Waals surface area contributed by atoms with Crippen LogP contribution in [0.1, 0.15) is 24.2 Å². The maximum Gasteiger partial charge on any atom is 0.255 e. The van der Waals surface area contributed by atoms with Crippen LogP contribution in [0.3, 0.4) is 0 Å². The van der Waals surface area contributed by atoms with E-state index in [2.05, 4.69) is 19.2 Å². The lowest BCUT2D eigenvalue weighted by atomic mass is 10.2. The van der Waals surface area contributed by atoms with Gasteiger partial charge >= 0.3 is 0 Å². The molecular formula is C17H17ClFNO2. The third kappa shape index (κ3) is 4.46. The second-order valence-corrected chi connectivity index (χ2v) is 5.72. The van der Waals surface area contributed by atoms with E-state index in [0.29, 0.717) is 29.5 Å². The molecule has 1 N–H and O–H groups in total. The Morgan fingerprint density at radius 1 is 1.27 bits per heavy atom. The minimum atomic E-state index is -0.524. The second kappa shape index (κ2) is 7.27. The first-order chi connectivity index (χ1) is 10.5. The van der Waals surface area contributed by atoms with Gasteiger partial charge in [0.25, 0.3) is 5.91 Å². The molecule has 0 saturated heterocycles. The number of ether oxygens (including phenoxy) is 1. The monoisotopic (exact) mass is 321 g/mol. The number of carbonyl (C=O) groups excluding carboxylic acids is 1. The standard InChI is InChI=1S/C17H17ClFNO2/c1-11(2)10-22-14-5-3-4-12(8-14)17(21)20-13-6-7-16(19)15(18)9-13/h3-9,11H,10H2,1-2H3,(H,20,21). The molecule has 3 nitrogen and oxygen atoms in total. The van der Waals surface area contributed by atoms with Gasteiger partial charge in [0.05, 0.1) is 11.6 Å². The van der Waals surface area contributed by atoms with Crippen LogP contribution in [0.5, 0.6) is 5.75 Å². The summed E-state index contributed by atoms with van der Waals surface area (Å²) in [5.41, 5.74) is 0.895. The molecule has 0 atom stereocenters. The maximum atomic E-state index is 13.1. The average Bonchev–Trinajstić information content (AvgIpc) is 2.49. The summed E-state index contributed by atoms with van der Waals surface area (Å²) in [5.74, 6) is 0.207. The summed E-state index contributed by atoms with van der Waals surface area (Å²) >= 11 is 5.69. The number of amides is 1. The highest BCUT2D eigenvalue weighted by Crippen LogP contribution is 2.21. The quantitative estimate of drug-likeness (QED) is 0.861. The number of anilines is 1. The molecule has 0 spiro atoms. The molecule has 0 aliphatic carbocycles. The van der Waals surface area contributed by atoms with Gasteiger partial charge in [0.15, 0.2) is 0 Å². The number of hydrogen-bond donors (Lipinski definition) is 1. The van der Waals surface area contributed by atoms with Crippen molar-refractivity contribution in [3.63, 3.8) is 0 Å². The van der Waals surface area contributed by atoms with Crippen LogP contribution in [0, 0.1) is 11.7 Å². The predicted molar refractivity (Wildman–Crippen MR) is 86.1 cm³/mol. The Morgan fingerprint density at radius 2 is 2.05 bits per heavy atom. The molecule has 0 fully saturated rings. The smallest absolute Gasteiger partial charge is 0.255 e. The Morgan fingerprint density at radius 3 is 2.73 bits per heavy atom. The van der Waals surface area contributed by atoms with Gasteiger partial charge in [0.1, 0.15) is 11.6 Å². The second-order valence-electron chi connectivity index (χ2n) is 5.32. The molecule has 0 radical (unpaired) electrons. The predicted octanol–water partition coefficient (Wildman–Crippen LogP) is 4.77. The molecule has 0 saturated carbocycles. The van der Waals surface area contributed by atoms with Gasteiger partial charge in [0.2, 0.25) is 0 Å². The van der Waals surface area contributed by atoms with E-state index in [1.165, 1.54) is 18.2 Å². The molecule has 116 valence electrons. The molecule has 5 heteroatoms. The lowest BCUT2D eigenvalue weighted by molar-refractivity contribution is 0.102. The molecule has 2 aromatic carbocycles. The summed E-state index contributed by atoms with van der Waals surface area (Å²) in [5, 5.41) is 2.64. The fourth-order valence-corrected chi connectivity index (χ4v) is 1.95. The number of rotatable bonds is 5. The minimum Gasteiger partial charge on any atom is -0.493 e. The minimum absolute atomic E-state index is 0.0354. The molecule has 0 aliphatic rings. The molecule has 0 aliphatic heterocycles. The molecule has 0 unspecified atom stereocenters. The highest BCUT2D eigenvalue weighted by atomic mass is 35.5. The van der Waals surface area contributed by atoms with Crippen molar-refractivity contribution in [3.8, 4) is 5.75 Å². The maximum absolute atomic E-state index is 13.1. The summed E-state index contributed by atoms with van der Waals surface area (Å²) in [7, 11) is 0. The van der Waals surface area contributed by atoms with E-state index >= 15 is 0 Å². The van der Waals surface area contributed by atoms with Gasteiger partial charge in [-0.05, 0) is 42.3 Å². The van der Waals surface area contributed by atoms with Gasteiger partial charge in [-0.3, -0.25) is 4.79 Å². The molecule has 0 heterocycles. The van der Waals surface area contributed by atoms with Crippen LogP contribution in [0.15, 0.2) is 42.5 Å². The highest BCUT2D eigenvalue weighted by Gasteiger charge is 2.09. The van der Waals surface area contributed by atoms with Crippen LogP contribution >= 0.6 is 11.6 Å². The normalized spacial score (nSPS) is 10.6. The van der Waals surface area contributed by atoms with E-state index in [9.17, 15) is 9.18 Å². The van der Waals surface area contributed by atoms with Crippen LogP contribution in [-0.4, -0.2) is 12.5 Å². The van der Waals surface area contributed by atoms with E-state index in [1.54, 1.807) is 24.3 Å². The first-order valence-electron chi connectivity index (χ1n) is 6.95. The van der Waals surface area contributed by atoms with E-state index < -0.39 is 5.82 Å². The van der Waals surface area contributed by atoms with E-state index in [1.807, 2.05) is 0 Å². The van der Waals surface area contributed by atoms with Crippen molar-refractivity contribution in [2.24, 2.45) is 5.92 Å². The molecule has 0 aromatic heterocycles. The lowest BCUT2D eigenvalue weighted by Crippen LogP contribution is -2.12. The topological polar surface area (TPSA) is 38.3 Å². The Balaban J connectivity index is 2.08. The summed E-state index contributed by atoms with van der Waals surface area (Å²) in [4.78, 5) is 12.2. The zero-order valence-corrected chi connectivity index (χ0v) is 13.2. The third-order valence-corrected chi connectivity index (χ3v) is 3.15. The molecule has 0 bridgehead atoms. The first kappa shape index (κ1) is 16.3. The number of hydrogen-bond acceptors (Lipinski definition) is 2. The van der Waals surface area contributed by atoms with Crippen molar-refractivity contribution < 1.29 is 13.9 Å². The van der Waals surface area contributed by atoms with E-state index in [-0.39, 0.29) is 10.9 Å². The van der Waals surface area contributed by atoms with Crippen LogP contribution in [0.25, 0.3) is 0 Å². The lowest BCUT2D eigenvalue weighted by Gasteiger charge is -2.10. The van der Waals surface area contributed by atoms with Crippen molar-refractivity contribution in [3.05, 3.63) is 58.9 Å². The van der Waals surface area contributed by atoms with Crippen LogP contribution < -0.4 is 10.1 Å². The average molecular weight is 322 g/mol. The number of carbonyl (C=O) groups is 1. The molecule has 2 aromatic rings. The number of nitrogens with one attached hydrogen (secondary N) is 1. The third-order valence-electron chi connectivity index (χ3n) is 2.86. The van der Waals surface area contributed by atoms with Crippen LogP contribution in [0.4, 0.5) is 10.1 Å². The fraction of sp³-hybridized carbons (Fsp3) is 0.235. The zero-order chi connectivity index (χ0) is 16.1. The summed E-state index contributed by atoms with van der Waals surface area (Å²) in [6.45, 7) is 4.68. The van der Waals surface area contributed by atoms with Gasteiger partial charge < -0.3 is 10.1 Å². The number of halogens is 2. The van der Waals surface area contributed by atoms with Crippen molar-refractivity contribution in [1.29, 1.82) is 0 Å². The first-order valence-corrected chi connectivity index (χ1v) is 7.33. The number of benzene rings is 2. The largest absolute Gasteiger partial charge is 0.493 e. The summed E-state index contributed by atoms with van der Waals surface area (Å²) in [6, 6.07) is 10.9. The van der Waals surface area contributed by atoms with Crippen molar-refractivity contribution in [2.45, 2.75) is 13.8 Å². The fourth-order valence-electron chi connectivity index (χ4n) is 1.77. The molecule has 22 heavy (non-hydrogen) atoms. The van der Waals surface area contributed by atoms with Crippen LogP contribution in [-0.2, 0) is 0 Å². The Kier molecular flexibility index (Phi) is 5.39. The Labute approximate surface area is 134 Å². The van der Waals surface area contributed by atoms with Gasteiger partial charge in [-0.25, -0.2) is 4.39 Å². The SMILES string of the molecule is CC(C)COc1cccc(C(=O)Nc2ccc(F)c(Cl)c2)c1. The van der Waals surface area contributed by atoms with Crippen molar-refractivity contribution >= 4 is 23.2 Å². The van der Waals surface area contributed by atoms with Gasteiger partial charge in [0, 0.05) is 11.3 Å². The molecule has 2 rings (SSSR count). The van der Waals surface area contributed by atoms with E-state index in [4.69, 9.17) is 16.3 Å². The Hall–Kier alpha value is -2.07. The van der Waals surface area contributed by atoms with Crippen molar-refractivity contribution in [1.82, 2.24) is 0 Å². The summed E-state index contributed by atoms with van der Waals surface area (Å²) in [6.07, 6.45) is 0. The van der Waals surface area contributed by atoms with Crippen LogP contribution in [0.2, 0.25) is 5.02 Å². The van der Waals surface area contributed by atoms with Gasteiger partial charge in [-0.1, -0.05) is 31.5 Å². The summed E-state index contributed by atoms with van der Waals surface area (Å²) < 4.78 is 18.7.